The third kappa shape index (κ3) is 2.77. The topological polar surface area (TPSA) is 126 Å². The molecule has 7 nitrogen and oxygen atoms in total. The summed E-state index contributed by atoms with van der Waals surface area (Å²) in [7, 11) is 0. The van der Waals surface area contributed by atoms with Crippen LogP contribution in [0.15, 0.2) is 35.1 Å². The van der Waals surface area contributed by atoms with Gasteiger partial charge in [0.2, 0.25) is 5.95 Å². The Morgan fingerprint density at radius 1 is 1.14 bits per heavy atom. The van der Waals surface area contributed by atoms with E-state index in [2.05, 4.69) is 32.1 Å². The van der Waals surface area contributed by atoms with Crippen molar-refractivity contribution in [1.29, 1.82) is 0 Å². The Kier molecular flexibility index (Phi) is 3.41. The number of nitrogen functional groups attached to an aromatic ring is 1. The normalized spacial score (nSPS) is 12.6. The van der Waals surface area contributed by atoms with Gasteiger partial charge in [0.15, 0.2) is 11.2 Å². The second kappa shape index (κ2) is 5.37. The van der Waals surface area contributed by atoms with Crippen molar-refractivity contribution in [3.8, 4) is 0 Å². The van der Waals surface area contributed by atoms with Gasteiger partial charge in [0.1, 0.15) is 5.82 Å². The van der Waals surface area contributed by atoms with Crippen LogP contribution < -0.4 is 17.0 Å². The highest BCUT2D eigenvalue weighted by molar-refractivity contribution is 5.70. The van der Waals surface area contributed by atoms with Gasteiger partial charge < -0.3 is 16.5 Å². The average Bonchev–Trinajstić information content (AvgIpc) is 2.90. The van der Waals surface area contributed by atoms with E-state index in [4.69, 9.17) is 11.5 Å². The number of imidazole rings is 1. The molecule has 7 heteroatoms. The fourth-order valence-electron chi connectivity index (χ4n) is 2.22. The highest BCUT2D eigenvalue weighted by Gasteiger charge is 2.14. The standard InChI is InChI=1S/C14H16N6O/c15-9(7-6-8-4-2-1-3-5-8)11-17-10-12(18-11)19-14(16)20-13(10)21/h1-5,9H,6-7,15H2,(H4,16,17,18,19,20,21). The Labute approximate surface area is 120 Å². The molecule has 0 saturated heterocycles. The largest absolute Gasteiger partial charge is 0.369 e. The van der Waals surface area contributed by atoms with Gasteiger partial charge in [0.05, 0.1) is 6.04 Å². The van der Waals surface area contributed by atoms with Crippen LogP contribution in [0.4, 0.5) is 5.95 Å². The quantitative estimate of drug-likeness (QED) is 0.565. The SMILES string of the molecule is Nc1nc2nc(C(N)CCc3ccccc3)[nH]c2c(=O)[nH]1. The number of hydrogen-bond acceptors (Lipinski definition) is 5. The summed E-state index contributed by atoms with van der Waals surface area (Å²) < 4.78 is 0. The molecule has 3 aromatic rings. The molecule has 1 unspecified atom stereocenters. The van der Waals surface area contributed by atoms with Gasteiger partial charge in [0, 0.05) is 0 Å². The lowest BCUT2D eigenvalue weighted by molar-refractivity contribution is 0.621. The van der Waals surface area contributed by atoms with Crippen molar-refractivity contribution < 1.29 is 0 Å². The molecule has 0 aliphatic heterocycles. The first-order chi connectivity index (χ1) is 10.1. The van der Waals surface area contributed by atoms with Crippen molar-refractivity contribution in [3.05, 3.63) is 52.1 Å². The summed E-state index contributed by atoms with van der Waals surface area (Å²) in [5.74, 6) is 0.591. The third-order valence-corrected chi connectivity index (χ3v) is 3.34. The monoisotopic (exact) mass is 284 g/mol. The van der Waals surface area contributed by atoms with E-state index in [1.807, 2.05) is 18.2 Å². The van der Waals surface area contributed by atoms with Gasteiger partial charge in [-0.3, -0.25) is 9.78 Å². The first kappa shape index (κ1) is 13.3. The van der Waals surface area contributed by atoms with Crippen molar-refractivity contribution in [1.82, 2.24) is 19.9 Å². The molecule has 0 fully saturated rings. The number of nitrogens with one attached hydrogen (secondary N) is 2. The fraction of sp³-hybridized carbons (Fsp3) is 0.214. The van der Waals surface area contributed by atoms with Crippen molar-refractivity contribution in [3.63, 3.8) is 0 Å². The number of fused-ring (bicyclic) bond motifs is 1. The second-order valence-electron chi connectivity index (χ2n) is 4.90. The average molecular weight is 284 g/mol. The molecule has 108 valence electrons. The number of aryl methyl sites for hydroxylation is 1. The lowest BCUT2D eigenvalue weighted by atomic mass is 10.1. The predicted octanol–water partition coefficient (Wildman–Crippen LogP) is 0.861. The molecule has 2 heterocycles. The van der Waals surface area contributed by atoms with Crippen LogP contribution in [0.3, 0.4) is 0 Å². The van der Waals surface area contributed by atoms with E-state index in [1.165, 1.54) is 5.56 Å². The maximum Gasteiger partial charge on any atom is 0.278 e. The summed E-state index contributed by atoms with van der Waals surface area (Å²) in [6.07, 6.45) is 1.56. The highest BCUT2D eigenvalue weighted by atomic mass is 16.1. The summed E-state index contributed by atoms with van der Waals surface area (Å²) in [5, 5.41) is 0. The molecule has 1 atom stereocenters. The summed E-state index contributed by atoms with van der Waals surface area (Å²) in [5.41, 5.74) is 13.1. The summed E-state index contributed by atoms with van der Waals surface area (Å²) >= 11 is 0. The molecular weight excluding hydrogens is 268 g/mol. The van der Waals surface area contributed by atoms with Crippen LogP contribution in [-0.2, 0) is 6.42 Å². The number of nitrogens with zero attached hydrogens (tertiary/aromatic N) is 2. The Balaban J connectivity index is 1.80. The number of aromatic amines is 2. The predicted molar refractivity (Wildman–Crippen MR) is 80.6 cm³/mol. The van der Waals surface area contributed by atoms with Gasteiger partial charge in [-0.1, -0.05) is 30.3 Å². The van der Waals surface area contributed by atoms with Crippen LogP contribution in [0.25, 0.3) is 11.2 Å². The van der Waals surface area contributed by atoms with Crippen LogP contribution >= 0.6 is 0 Å². The third-order valence-electron chi connectivity index (χ3n) is 3.34. The minimum Gasteiger partial charge on any atom is -0.369 e. The lowest BCUT2D eigenvalue weighted by Crippen LogP contribution is -2.13. The van der Waals surface area contributed by atoms with Crippen LogP contribution in [-0.4, -0.2) is 19.9 Å². The summed E-state index contributed by atoms with van der Waals surface area (Å²) in [6, 6.07) is 9.78. The second-order valence-corrected chi connectivity index (χ2v) is 4.90. The zero-order valence-electron chi connectivity index (χ0n) is 11.3. The molecular formula is C14H16N6O. The number of H-pyrrole nitrogens is 2. The number of hydrogen-bond donors (Lipinski definition) is 4. The van der Waals surface area contributed by atoms with E-state index in [0.29, 0.717) is 17.0 Å². The first-order valence-electron chi connectivity index (χ1n) is 6.68. The molecule has 1 aromatic carbocycles. The smallest absolute Gasteiger partial charge is 0.278 e. The molecule has 21 heavy (non-hydrogen) atoms. The molecule has 0 aliphatic rings. The van der Waals surface area contributed by atoms with Gasteiger partial charge in [0.25, 0.3) is 5.56 Å². The van der Waals surface area contributed by atoms with Gasteiger partial charge in [-0.05, 0) is 18.4 Å². The van der Waals surface area contributed by atoms with Crippen LogP contribution in [0.1, 0.15) is 23.9 Å². The van der Waals surface area contributed by atoms with E-state index in [9.17, 15) is 4.79 Å². The van der Waals surface area contributed by atoms with Crippen molar-refractivity contribution in [2.24, 2.45) is 5.73 Å². The molecule has 0 bridgehead atoms. The van der Waals surface area contributed by atoms with Gasteiger partial charge in [-0.15, -0.1) is 0 Å². The number of benzene rings is 1. The summed E-state index contributed by atoms with van der Waals surface area (Å²) in [4.78, 5) is 25.3. The maximum atomic E-state index is 11.7. The van der Waals surface area contributed by atoms with Crippen molar-refractivity contribution in [2.45, 2.75) is 18.9 Å². The molecule has 2 aromatic heterocycles. The minimum atomic E-state index is -0.341. The zero-order chi connectivity index (χ0) is 14.8. The molecule has 3 rings (SSSR count). The molecule has 0 saturated carbocycles. The van der Waals surface area contributed by atoms with E-state index >= 15 is 0 Å². The van der Waals surface area contributed by atoms with Crippen LogP contribution in [0.5, 0.6) is 0 Å². The highest BCUT2D eigenvalue weighted by Crippen LogP contribution is 2.16. The van der Waals surface area contributed by atoms with E-state index < -0.39 is 0 Å². The Morgan fingerprint density at radius 3 is 2.67 bits per heavy atom. The Morgan fingerprint density at radius 2 is 1.90 bits per heavy atom. The van der Waals surface area contributed by atoms with E-state index in [0.717, 1.165) is 12.8 Å². The number of anilines is 1. The van der Waals surface area contributed by atoms with Crippen LogP contribution in [0, 0.1) is 0 Å². The van der Waals surface area contributed by atoms with Crippen molar-refractivity contribution >= 4 is 17.1 Å². The maximum absolute atomic E-state index is 11.7. The van der Waals surface area contributed by atoms with Gasteiger partial charge in [-0.25, -0.2) is 4.98 Å². The zero-order valence-corrected chi connectivity index (χ0v) is 11.3. The number of aromatic nitrogens is 4. The van der Waals surface area contributed by atoms with Gasteiger partial charge in [-0.2, -0.15) is 4.98 Å². The number of rotatable bonds is 4. The van der Waals surface area contributed by atoms with Gasteiger partial charge >= 0.3 is 0 Å². The Bertz CT molecular complexity index is 807. The molecule has 0 radical (unpaired) electrons. The molecule has 0 aliphatic carbocycles. The van der Waals surface area contributed by atoms with E-state index in [-0.39, 0.29) is 17.5 Å². The Hall–Kier alpha value is -2.67. The van der Waals surface area contributed by atoms with Crippen LogP contribution in [0.2, 0.25) is 0 Å². The van der Waals surface area contributed by atoms with E-state index in [1.54, 1.807) is 0 Å². The summed E-state index contributed by atoms with van der Waals surface area (Å²) in [6.45, 7) is 0. The lowest BCUT2D eigenvalue weighted by Gasteiger charge is -2.08. The first-order valence-corrected chi connectivity index (χ1v) is 6.68. The molecule has 6 N–H and O–H groups in total. The number of nitrogens with two attached hydrogens (primary N) is 2. The molecule has 0 amide bonds. The minimum absolute atomic E-state index is 0.0448. The molecule has 0 spiro atoms. The van der Waals surface area contributed by atoms with Crippen molar-refractivity contribution in [2.75, 3.05) is 5.73 Å². The fourth-order valence-corrected chi connectivity index (χ4v) is 2.22.